The molecule has 0 aliphatic carbocycles. The van der Waals surface area contributed by atoms with E-state index >= 15 is 0 Å². The van der Waals surface area contributed by atoms with Gasteiger partial charge in [0.1, 0.15) is 17.6 Å². The van der Waals surface area contributed by atoms with Crippen LogP contribution in [0.2, 0.25) is 0 Å². The molecule has 0 unspecified atom stereocenters. The van der Waals surface area contributed by atoms with E-state index in [1.54, 1.807) is 0 Å². The fourth-order valence-electron chi connectivity index (χ4n) is 2.82. The standard InChI is InChI=1S/C19H21NO4/c21-19(22)14-23-16-8-6-15(7-9-16)12-20-11-10-18(13-20)24-17-4-2-1-3-5-17/h1-9,18H,10-14H2,(H,21,22)/t18-/m0/s1. The Balaban J connectivity index is 1.47. The molecule has 126 valence electrons. The molecule has 1 saturated heterocycles. The number of hydrogen-bond acceptors (Lipinski definition) is 4. The van der Waals surface area contributed by atoms with Crippen molar-refractivity contribution in [3.05, 3.63) is 60.2 Å². The second-order valence-electron chi connectivity index (χ2n) is 5.90. The van der Waals surface area contributed by atoms with Gasteiger partial charge < -0.3 is 14.6 Å². The van der Waals surface area contributed by atoms with E-state index < -0.39 is 5.97 Å². The van der Waals surface area contributed by atoms with Crippen LogP contribution in [0.4, 0.5) is 0 Å². The molecule has 2 aromatic carbocycles. The van der Waals surface area contributed by atoms with Crippen molar-refractivity contribution in [3.63, 3.8) is 0 Å². The molecule has 0 bridgehead atoms. The van der Waals surface area contributed by atoms with E-state index in [0.29, 0.717) is 5.75 Å². The minimum absolute atomic E-state index is 0.227. The Morgan fingerprint density at radius 2 is 1.83 bits per heavy atom. The maximum Gasteiger partial charge on any atom is 0.341 e. The Hall–Kier alpha value is -2.53. The number of ether oxygens (including phenoxy) is 2. The second kappa shape index (κ2) is 7.84. The molecular formula is C19H21NO4. The minimum Gasteiger partial charge on any atom is -0.489 e. The average molecular weight is 327 g/mol. The van der Waals surface area contributed by atoms with Crippen LogP contribution in [0, 0.1) is 0 Å². The van der Waals surface area contributed by atoms with Gasteiger partial charge >= 0.3 is 5.97 Å². The quantitative estimate of drug-likeness (QED) is 0.847. The molecule has 5 nitrogen and oxygen atoms in total. The Morgan fingerprint density at radius 1 is 1.08 bits per heavy atom. The summed E-state index contributed by atoms with van der Waals surface area (Å²) in [5.41, 5.74) is 1.18. The lowest BCUT2D eigenvalue weighted by Crippen LogP contribution is -2.24. The Labute approximate surface area is 141 Å². The zero-order chi connectivity index (χ0) is 16.8. The number of hydrogen-bond donors (Lipinski definition) is 1. The van der Waals surface area contributed by atoms with Crippen LogP contribution >= 0.6 is 0 Å². The van der Waals surface area contributed by atoms with Gasteiger partial charge in [0.15, 0.2) is 6.61 Å². The summed E-state index contributed by atoms with van der Waals surface area (Å²) in [4.78, 5) is 12.8. The first-order chi connectivity index (χ1) is 11.7. The van der Waals surface area contributed by atoms with Gasteiger partial charge in [0.05, 0.1) is 0 Å². The number of rotatable bonds is 7. The van der Waals surface area contributed by atoms with E-state index in [9.17, 15) is 4.79 Å². The van der Waals surface area contributed by atoms with E-state index in [1.165, 1.54) is 5.56 Å². The number of benzene rings is 2. The van der Waals surface area contributed by atoms with Gasteiger partial charge in [0.25, 0.3) is 0 Å². The van der Waals surface area contributed by atoms with Crippen LogP contribution in [0.25, 0.3) is 0 Å². The topological polar surface area (TPSA) is 59.0 Å². The lowest BCUT2D eigenvalue weighted by molar-refractivity contribution is -0.139. The SMILES string of the molecule is O=C(O)COc1ccc(CN2CC[C@H](Oc3ccccc3)C2)cc1. The normalized spacial score (nSPS) is 17.6. The van der Waals surface area contributed by atoms with Gasteiger partial charge in [-0.15, -0.1) is 0 Å². The zero-order valence-corrected chi connectivity index (χ0v) is 13.4. The van der Waals surface area contributed by atoms with Crippen LogP contribution in [-0.4, -0.2) is 41.8 Å². The molecule has 0 amide bonds. The van der Waals surface area contributed by atoms with Crippen LogP contribution in [0.3, 0.4) is 0 Å². The van der Waals surface area contributed by atoms with E-state index in [-0.39, 0.29) is 12.7 Å². The van der Waals surface area contributed by atoms with Crippen molar-refractivity contribution in [2.75, 3.05) is 19.7 Å². The highest BCUT2D eigenvalue weighted by molar-refractivity contribution is 5.68. The van der Waals surface area contributed by atoms with Gasteiger partial charge in [0, 0.05) is 19.6 Å². The van der Waals surface area contributed by atoms with Crippen LogP contribution < -0.4 is 9.47 Å². The van der Waals surface area contributed by atoms with Gasteiger partial charge in [-0.05, 0) is 36.2 Å². The summed E-state index contributed by atoms with van der Waals surface area (Å²) in [6.07, 6.45) is 1.25. The molecule has 0 saturated carbocycles. The third-order valence-electron chi connectivity index (χ3n) is 3.97. The third kappa shape index (κ3) is 4.73. The number of carbonyl (C=O) groups is 1. The van der Waals surface area contributed by atoms with Crippen LogP contribution in [0.5, 0.6) is 11.5 Å². The van der Waals surface area contributed by atoms with E-state index in [0.717, 1.165) is 31.8 Å². The zero-order valence-electron chi connectivity index (χ0n) is 13.4. The van der Waals surface area contributed by atoms with Gasteiger partial charge in [-0.2, -0.15) is 0 Å². The second-order valence-corrected chi connectivity index (χ2v) is 5.90. The summed E-state index contributed by atoms with van der Waals surface area (Å²) in [6, 6.07) is 17.5. The lowest BCUT2D eigenvalue weighted by atomic mass is 10.2. The molecule has 1 heterocycles. The van der Waals surface area contributed by atoms with E-state index in [1.807, 2.05) is 54.6 Å². The number of nitrogens with zero attached hydrogens (tertiary/aromatic N) is 1. The highest BCUT2D eigenvalue weighted by atomic mass is 16.5. The average Bonchev–Trinajstić information content (AvgIpc) is 3.02. The summed E-state index contributed by atoms with van der Waals surface area (Å²) in [6.45, 7) is 2.46. The molecule has 3 rings (SSSR count). The molecule has 1 aliphatic rings. The van der Waals surface area contributed by atoms with Crippen LogP contribution in [0.15, 0.2) is 54.6 Å². The smallest absolute Gasteiger partial charge is 0.341 e. The van der Waals surface area contributed by atoms with E-state index in [4.69, 9.17) is 14.6 Å². The van der Waals surface area contributed by atoms with Crippen molar-refractivity contribution in [3.8, 4) is 11.5 Å². The molecule has 1 fully saturated rings. The number of carboxylic acids is 1. The Morgan fingerprint density at radius 3 is 2.54 bits per heavy atom. The summed E-state index contributed by atoms with van der Waals surface area (Å²) in [7, 11) is 0. The highest BCUT2D eigenvalue weighted by Crippen LogP contribution is 2.20. The fraction of sp³-hybridized carbons (Fsp3) is 0.316. The fourth-order valence-corrected chi connectivity index (χ4v) is 2.82. The number of aliphatic carboxylic acids is 1. The monoisotopic (exact) mass is 327 g/mol. The first-order valence-electron chi connectivity index (χ1n) is 8.06. The molecule has 2 aromatic rings. The summed E-state index contributed by atoms with van der Waals surface area (Å²) >= 11 is 0. The predicted molar refractivity (Wildman–Crippen MR) is 90.3 cm³/mol. The van der Waals surface area contributed by atoms with Crippen molar-refractivity contribution in [2.24, 2.45) is 0 Å². The van der Waals surface area contributed by atoms with Crippen LogP contribution in [0.1, 0.15) is 12.0 Å². The molecular weight excluding hydrogens is 306 g/mol. The molecule has 1 aliphatic heterocycles. The Bertz CT molecular complexity index is 657. The van der Waals surface area contributed by atoms with Crippen molar-refractivity contribution in [2.45, 2.75) is 19.1 Å². The van der Waals surface area contributed by atoms with Crippen molar-refractivity contribution in [1.29, 1.82) is 0 Å². The molecule has 0 spiro atoms. The molecule has 0 radical (unpaired) electrons. The van der Waals surface area contributed by atoms with Gasteiger partial charge in [-0.1, -0.05) is 30.3 Å². The molecule has 1 N–H and O–H groups in total. The molecule has 1 atom stereocenters. The third-order valence-corrected chi connectivity index (χ3v) is 3.97. The maximum atomic E-state index is 10.5. The van der Waals surface area contributed by atoms with Crippen molar-refractivity contribution >= 4 is 5.97 Å². The van der Waals surface area contributed by atoms with E-state index in [2.05, 4.69) is 4.90 Å². The van der Waals surface area contributed by atoms with Crippen molar-refractivity contribution in [1.82, 2.24) is 4.90 Å². The first kappa shape index (κ1) is 16.3. The first-order valence-corrected chi connectivity index (χ1v) is 8.06. The number of likely N-dealkylation sites (tertiary alicyclic amines) is 1. The molecule has 5 heteroatoms. The largest absolute Gasteiger partial charge is 0.489 e. The van der Waals surface area contributed by atoms with Gasteiger partial charge in [-0.25, -0.2) is 4.79 Å². The van der Waals surface area contributed by atoms with Crippen molar-refractivity contribution < 1.29 is 19.4 Å². The van der Waals surface area contributed by atoms with Crippen LogP contribution in [-0.2, 0) is 11.3 Å². The number of carboxylic acid groups (broad SMARTS) is 1. The van der Waals surface area contributed by atoms with Gasteiger partial charge in [-0.3, -0.25) is 4.90 Å². The summed E-state index contributed by atoms with van der Waals surface area (Å²) < 4.78 is 11.1. The van der Waals surface area contributed by atoms with Gasteiger partial charge in [0.2, 0.25) is 0 Å². The Kier molecular flexibility index (Phi) is 5.33. The summed E-state index contributed by atoms with van der Waals surface area (Å²) in [5, 5.41) is 8.61. The maximum absolute atomic E-state index is 10.5. The predicted octanol–water partition coefficient (Wildman–Crippen LogP) is 2.80. The summed E-state index contributed by atoms with van der Waals surface area (Å²) in [5.74, 6) is 0.526. The minimum atomic E-state index is -0.972. The highest BCUT2D eigenvalue weighted by Gasteiger charge is 2.23. The molecule has 0 aromatic heterocycles. The molecule has 24 heavy (non-hydrogen) atoms. The number of para-hydroxylation sites is 1. The lowest BCUT2D eigenvalue weighted by Gasteiger charge is -2.17.